The van der Waals surface area contributed by atoms with Gasteiger partial charge in [-0.15, -0.1) is 10.2 Å². The van der Waals surface area contributed by atoms with Crippen molar-refractivity contribution >= 4 is 5.91 Å². The van der Waals surface area contributed by atoms with E-state index >= 15 is 0 Å². The van der Waals surface area contributed by atoms with Gasteiger partial charge in [-0.1, -0.05) is 19.9 Å². The molecule has 112 valence electrons. The number of hydrogen-bond acceptors (Lipinski definition) is 4. The summed E-state index contributed by atoms with van der Waals surface area (Å²) in [4.78, 5) is 14.0. The summed E-state index contributed by atoms with van der Waals surface area (Å²) in [5.41, 5.74) is 0.457. The lowest BCUT2D eigenvalue weighted by Crippen LogP contribution is -2.32. The standard InChI is InChI=1S/C15H18FN3O2/c1-3-8-19(9-4-2)15(20)14-18-17-13(21-14)11-6-5-7-12(16)10-11/h5-7,10H,3-4,8-9H2,1-2H3. The zero-order valence-electron chi connectivity index (χ0n) is 12.2. The Morgan fingerprint density at radius 1 is 1.24 bits per heavy atom. The van der Waals surface area contributed by atoms with Gasteiger partial charge in [-0.05, 0) is 31.0 Å². The molecule has 21 heavy (non-hydrogen) atoms. The number of halogens is 1. The second-order valence-electron chi connectivity index (χ2n) is 4.71. The first kappa shape index (κ1) is 15.2. The summed E-state index contributed by atoms with van der Waals surface area (Å²) in [5.74, 6) is -0.590. The van der Waals surface area contributed by atoms with Gasteiger partial charge in [0, 0.05) is 18.7 Å². The monoisotopic (exact) mass is 291 g/mol. The fraction of sp³-hybridized carbons (Fsp3) is 0.400. The van der Waals surface area contributed by atoms with Crippen LogP contribution in [-0.2, 0) is 0 Å². The fourth-order valence-corrected chi connectivity index (χ4v) is 2.04. The van der Waals surface area contributed by atoms with Gasteiger partial charge < -0.3 is 9.32 Å². The highest BCUT2D eigenvalue weighted by atomic mass is 19.1. The van der Waals surface area contributed by atoms with Gasteiger partial charge in [0.1, 0.15) is 5.82 Å². The highest BCUT2D eigenvalue weighted by Crippen LogP contribution is 2.19. The summed E-state index contributed by atoms with van der Waals surface area (Å²) in [6.07, 6.45) is 1.72. The molecule has 0 saturated carbocycles. The molecule has 0 unspecified atom stereocenters. The second kappa shape index (κ2) is 6.97. The van der Waals surface area contributed by atoms with Crippen molar-refractivity contribution in [1.29, 1.82) is 0 Å². The number of benzene rings is 1. The molecule has 0 atom stereocenters. The Balaban J connectivity index is 2.20. The predicted octanol–water partition coefficient (Wildman–Crippen LogP) is 3.14. The molecule has 6 heteroatoms. The second-order valence-corrected chi connectivity index (χ2v) is 4.71. The van der Waals surface area contributed by atoms with Crippen molar-refractivity contribution in [3.8, 4) is 11.5 Å². The lowest BCUT2D eigenvalue weighted by molar-refractivity contribution is 0.0716. The molecule has 1 aromatic heterocycles. The van der Waals surface area contributed by atoms with Gasteiger partial charge in [0.2, 0.25) is 5.89 Å². The van der Waals surface area contributed by atoms with Crippen LogP contribution in [0.1, 0.15) is 37.4 Å². The van der Waals surface area contributed by atoms with Gasteiger partial charge in [0.05, 0.1) is 0 Å². The molecular formula is C15H18FN3O2. The van der Waals surface area contributed by atoms with Crippen LogP contribution in [0.2, 0.25) is 0 Å². The minimum Gasteiger partial charge on any atom is -0.412 e. The van der Waals surface area contributed by atoms with Crippen molar-refractivity contribution in [1.82, 2.24) is 15.1 Å². The molecule has 0 aliphatic rings. The van der Waals surface area contributed by atoms with E-state index in [1.807, 2.05) is 13.8 Å². The van der Waals surface area contributed by atoms with E-state index in [9.17, 15) is 9.18 Å². The van der Waals surface area contributed by atoms with E-state index in [-0.39, 0.29) is 17.7 Å². The average Bonchev–Trinajstić information content (AvgIpc) is 2.96. The van der Waals surface area contributed by atoms with Gasteiger partial charge in [0.25, 0.3) is 0 Å². The van der Waals surface area contributed by atoms with Crippen LogP contribution in [0.25, 0.3) is 11.5 Å². The molecule has 1 heterocycles. The van der Waals surface area contributed by atoms with E-state index in [0.717, 1.165) is 12.8 Å². The van der Waals surface area contributed by atoms with Gasteiger partial charge in [-0.25, -0.2) is 4.39 Å². The smallest absolute Gasteiger partial charge is 0.311 e. The van der Waals surface area contributed by atoms with Crippen molar-refractivity contribution in [3.05, 3.63) is 36.0 Å². The summed E-state index contributed by atoms with van der Waals surface area (Å²) < 4.78 is 18.6. The molecule has 0 bridgehead atoms. The minimum atomic E-state index is -0.392. The summed E-state index contributed by atoms with van der Waals surface area (Å²) in [7, 11) is 0. The summed E-state index contributed by atoms with van der Waals surface area (Å²) >= 11 is 0. The molecule has 1 amide bonds. The van der Waals surface area contributed by atoms with Crippen molar-refractivity contribution in [2.24, 2.45) is 0 Å². The van der Waals surface area contributed by atoms with E-state index in [4.69, 9.17) is 4.42 Å². The summed E-state index contributed by atoms with van der Waals surface area (Å²) in [6, 6.07) is 5.82. The quantitative estimate of drug-likeness (QED) is 0.820. The van der Waals surface area contributed by atoms with Crippen LogP contribution in [0.4, 0.5) is 4.39 Å². The molecule has 0 aliphatic carbocycles. The number of amides is 1. The maximum absolute atomic E-state index is 13.2. The fourth-order valence-electron chi connectivity index (χ4n) is 2.04. The van der Waals surface area contributed by atoms with Crippen LogP contribution in [0.3, 0.4) is 0 Å². The SMILES string of the molecule is CCCN(CCC)C(=O)c1nnc(-c2cccc(F)c2)o1. The maximum Gasteiger partial charge on any atom is 0.311 e. The minimum absolute atomic E-state index is 0.0591. The normalized spacial score (nSPS) is 10.6. The lowest BCUT2D eigenvalue weighted by atomic mass is 10.2. The molecule has 5 nitrogen and oxygen atoms in total. The number of carbonyl (C=O) groups is 1. The van der Waals surface area contributed by atoms with Crippen LogP contribution in [0, 0.1) is 5.82 Å². The van der Waals surface area contributed by atoms with Crippen LogP contribution in [0.5, 0.6) is 0 Å². The first-order valence-electron chi connectivity index (χ1n) is 7.04. The third kappa shape index (κ3) is 3.65. The Kier molecular flexibility index (Phi) is 5.03. The molecule has 0 fully saturated rings. The summed E-state index contributed by atoms with van der Waals surface area (Å²) in [6.45, 7) is 5.29. The number of aromatic nitrogens is 2. The Bertz CT molecular complexity index is 606. The van der Waals surface area contributed by atoms with Gasteiger partial charge >= 0.3 is 11.8 Å². The Morgan fingerprint density at radius 2 is 1.95 bits per heavy atom. The summed E-state index contributed by atoms with van der Waals surface area (Å²) in [5, 5.41) is 7.60. The zero-order valence-corrected chi connectivity index (χ0v) is 12.2. The molecule has 1 aromatic carbocycles. The van der Waals surface area contributed by atoms with E-state index in [2.05, 4.69) is 10.2 Å². The Morgan fingerprint density at radius 3 is 2.57 bits per heavy atom. The largest absolute Gasteiger partial charge is 0.412 e. The van der Waals surface area contributed by atoms with Gasteiger partial charge in [0.15, 0.2) is 0 Å². The first-order valence-corrected chi connectivity index (χ1v) is 7.04. The number of nitrogens with zero attached hydrogens (tertiary/aromatic N) is 3. The van der Waals surface area contributed by atoms with E-state index in [1.54, 1.807) is 17.0 Å². The van der Waals surface area contributed by atoms with Crippen molar-refractivity contribution in [2.45, 2.75) is 26.7 Å². The number of hydrogen-bond donors (Lipinski definition) is 0. The van der Waals surface area contributed by atoms with Crippen LogP contribution >= 0.6 is 0 Å². The average molecular weight is 291 g/mol. The third-order valence-electron chi connectivity index (χ3n) is 2.95. The molecule has 0 N–H and O–H groups in total. The first-order chi connectivity index (χ1) is 10.2. The Labute approximate surface area is 122 Å². The van der Waals surface area contributed by atoms with Crippen molar-refractivity contribution in [3.63, 3.8) is 0 Å². The van der Waals surface area contributed by atoms with E-state index in [0.29, 0.717) is 18.7 Å². The van der Waals surface area contributed by atoms with Crippen molar-refractivity contribution < 1.29 is 13.6 Å². The predicted molar refractivity (Wildman–Crippen MR) is 76.2 cm³/mol. The molecule has 0 spiro atoms. The Hall–Kier alpha value is -2.24. The molecule has 2 rings (SSSR count). The van der Waals surface area contributed by atoms with E-state index < -0.39 is 5.82 Å². The van der Waals surface area contributed by atoms with Crippen molar-refractivity contribution in [2.75, 3.05) is 13.1 Å². The topological polar surface area (TPSA) is 59.2 Å². The van der Waals surface area contributed by atoms with Crippen LogP contribution in [-0.4, -0.2) is 34.1 Å². The zero-order chi connectivity index (χ0) is 15.2. The number of rotatable bonds is 6. The molecule has 0 radical (unpaired) electrons. The van der Waals surface area contributed by atoms with Crippen LogP contribution in [0.15, 0.2) is 28.7 Å². The van der Waals surface area contributed by atoms with Gasteiger partial charge in [-0.3, -0.25) is 4.79 Å². The molecule has 2 aromatic rings. The van der Waals surface area contributed by atoms with Crippen LogP contribution < -0.4 is 0 Å². The lowest BCUT2D eigenvalue weighted by Gasteiger charge is -2.18. The number of carbonyl (C=O) groups excluding carboxylic acids is 1. The highest BCUT2D eigenvalue weighted by molar-refractivity contribution is 5.89. The maximum atomic E-state index is 13.2. The molecule has 0 aliphatic heterocycles. The highest BCUT2D eigenvalue weighted by Gasteiger charge is 2.21. The van der Waals surface area contributed by atoms with E-state index in [1.165, 1.54) is 12.1 Å². The molecular weight excluding hydrogens is 273 g/mol. The molecule has 0 saturated heterocycles. The van der Waals surface area contributed by atoms with Gasteiger partial charge in [-0.2, -0.15) is 0 Å². The third-order valence-corrected chi connectivity index (χ3v) is 2.95.